The Hall–Kier alpha value is -1.65. The number of aryl methyl sites for hydroxylation is 1. The number of hydrogen-bond acceptors (Lipinski definition) is 4. The Morgan fingerprint density at radius 2 is 1.92 bits per heavy atom. The lowest BCUT2D eigenvalue weighted by Crippen LogP contribution is -2.21. The number of carbonyl (C=O) groups excluding carboxylic acids is 1. The van der Waals surface area contributed by atoms with Crippen molar-refractivity contribution in [3.63, 3.8) is 0 Å². The van der Waals surface area contributed by atoms with Gasteiger partial charge in [0.1, 0.15) is 5.52 Å². The van der Waals surface area contributed by atoms with Crippen LogP contribution in [0.5, 0.6) is 0 Å². The molecule has 1 heterocycles. The number of fused-ring (bicyclic) bond motifs is 1. The summed E-state index contributed by atoms with van der Waals surface area (Å²) in [6, 6.07) is 3.42. The maximum absolute atomic E-state index is 12.6. The molecule has 0 radical (unpaired) electrons. The highest BCUT2D eigenvalue weighted by molar-refractivity contribution is 7.18. The van der Waals surface area contributed by atoms with Gasteiger partial charge in [0, 0.05) is 0 Å². The maximum Gasteiger partial charge on any atom is 0.490 e. The van der Waals surface area contributed by atoms with Crippen molar-refractivity contribution in [2.24, 2.45) is 0 Å². The number of carboxylic acid groups (broad SMARTS) is 1. The summed E-state index contributed by atoms with van der Waals surface area (Å²) < 4.78 is 45.2. The third-order valence-corrected chi connectivity index (χ3v) is 3.76. The molecule has 0 aliphatic rings. The van der Waals surface area contributed by atoms with E-state index in [0.29, 0.717) is 16.2 Å². The molecule has 2 aromatic rings. The van der Waals surface area contributed by atoms with Gasteiger partial charge in [-0.3, -0.25) is 4.79 Å². The van der Waals surface area contributed by atoms with Gasteiger partial charge in [0.2, 0.25) is 0 Å². The van der Waals surface area contributed by atoms with Crippen LogP contribution in [-0.2, 0) is 9.59 Å². The van der Waals surface area contributed by atoms with Crippen LogP contribution in [0, 0.1) is 6.92 Å². The summed E-state index contributed by atoms with van der Waals surface area (Å²) in [5, 5.41) is 10.6. The molecule has 2 N–H and O–H groups in total. The number of hydrogen-bond donors (Lipinski definition) is 2. The number of halogens is 6. The van der Waals surface area contributed by atoms with Crippen molar-refractivity contribution in [2.75, 3.05) is 5.32 Å². The molecule has 0 saturated heterocycles. The maximum atomic E-state index is 12.6. The average Bonchev–Trinajstić information content (AvgIpc) is 2.82. The zero-order chi connectivity index (χ0) is 18.7. The number of nitrogens with zero attached hydrogens (tertiary/aromatic N) is 1. The molecule has 0 aliphatic heterocycles. The molecule has 0 aliphatic carbocycles. The Kier molecular flexibility index (Phi) is 6.76. The molecule has 24 heavy (non-hydrogen) atoms. The van der Waals surface area contributed by atoms with Crippen molar-refractivity contribution in [1.29, 1.82) is 0 Å². The van der Waals surface area contributed by atoms with Gasteiger partial charge in [-0.25, -0.2) is 14.2 Å². The Morgan fingerprint density at radius 1 is 1.38 bits per heavy atom. The van der Waals surface area contributed by atoms with Crippen LogP contribution >= 0.6 is 34.5 Å². The van der Waals surface area contributed by atoms with Gasteiger partial charge in [-0.2, -0.15) is 13.2 Å². The van der Waals surface area contributed by atoms with Gasteiger partial charge >= 0.3 is 12.1 Å². The Labute approximate surface area is 146 Å². The molecule has 5 nitrogen and oxygen atoms in total. The van der Waals surface area contributed by atoms with Gasteiger partial charge in [0.05, 0.1) is 20.4 Å². The fourth-order valence-electron chi connectivity index (χ4n) is 1.38. The van der Waals surface area contributed by atoms with E-state index < -0.39 is 23.7 Å². The van der Waals surface area contributed by atoms with E-state index in [2.05, 4.69) is 10.3 Å². The third-order valence-electron chi connectivity index (χ3n) is 2.31. The Morgan fingerprint density at radius 3 is 2.38 bits per heavy atom. The summed E-state index contributed by atoms with van der Waals surface area (Å²) in [5.41, 5.74) is -1.27. The lowest BCUT2D eigenvalue weighted by Gasteiger charge is -2.07. The molecule has 1 aromatic heterocycles. The SMILES string of the molecule is Cc1nc2c(NC(=O)C(F)Cl)c(Cl)ccc2s1.O=C(O)C(F)(F)F. The number of carboxylic acids is 1. The first-order chi connectivity index (χ1) is 10.9. The van der Waals surface area contributed by atoms with Crippen LogP contribution < -0.4 is 5.32 Å². The van der Waals surface area contributed by atoms with Crippen molar-refractivity contribution in [3.05, 3.63) is 22.2 Å². The van der Waals surface area contributed by atoms with Crippen LogP contribution in [0.4, 0.5) is 23.2 Å². The highest BCUT2D eigenvalue weighted by atomic mass is 35.5. The predicted octanol–water partition coefficient (Wildman–Crippen LogP) is 4.36. The number of anilines is 1. The van der Waals surface area contributed by atoms with Gasteiger partial charge in [-0.05, 0) is 19.1 Å². The first kappa shape index (κ1) is 20.4. The van der Waals surface area contributed by atoms with Crippen LogP contribution in [-0.4, -0.2) is 33.8 Å². The number of nitrogens with one attached hydrogen (secondary N) is 1. The molecule has 0 bridgehead atoms. The Bertz CT molecular complexity index is 765. The average molecular weight is 407 g/mol. The van der Waals surface area contributed by atoms with Crippen LogP contribution in [0.3, 0.4) is 0 Å². The van der Waals surface area contributed by atoms with Gasteiger partial charge in [-0.15, -0.1) is 11.3 Å². The minimum absolute atomic E-state index is 0.293. The molecular formula is C12H8Cl2F4N2O3S. The summed E-state index contributed by atoms with van der Waals surface area (Å²) in [4.78, 5) is 24.3. The second-order valence-corrected chi connectivity index (χ2v) is 6.12. The van der Waals surface area contributed by atoms with E-state index in [-0.39, 0.29) is 0 Å². The minimum Gasteiger partial charge on any atom is -0.475 e. The molecule has 1 amide bonds. The Balaban J connectivity index is 0.000000351. The third kappa shape index (κ3) is 5.46. The number of alkyl halides is 5. The highest BCUT2D eigenvalue weighted by Gasteiger charge is 2.38. The molecule has 1 aromatic carbocycles. The molecule has 2 rings (SSSR count). The highest BCUT2D eigenvalue weighted by Crippen LogP contribution is 2.34. The fraction of sp³-hybridized carbons (Fsp3) is 0.250. The van der Waals surface area contributed by atoms with E-state index in [1.807, 2.05) is 6.92 Å². The first-order valence-corrected chi connectivity index (χ1v) is 7.51. The molecule has 12 heteroatoms. The van der Waals surface area contributed by atoms with Crippen molar-refractivity contribution in [3.8, 4) is 0 Å². The second-order valence-electron chi connectivity index (χ2n) is 4.09. The molecule has 132 valence electrons. The number of carbonyl (C=O) groups is 2. The normalized spacial score (nSPS) is 12.3. The van der Waals surface area contributed by atoms with Gasteiger partial charge in [0.15, 0.2) is 0 Å². The van der Waals surface area contributed by atoms with Crippen LogP contribution in [0.25, 0.3) is 10.2 Å². The van der Waals surface area contributed by atoms with E-state index in [1.165, 1.54) is 11.3 Å². The van der Waals surface area contributed by atoms with Gasteiger partial charge in [-0.1, -0.05) is 23.2 Å². The molecule has 1 atom stereocenters. The topological polar surface area (TPSA) is 79.3 Å². The number of rotatable bonds is 2. The summed E-state index contributed by atoms with van der Waals surface area (Å²) in [7, 11) is 0. The smallest absolute Gasteiger partial charge is 0.475 e. The zero-order valence-electron chi connectivity index (χ0n) is 11.6. The number of amides is 1. The number of aliphatic carboxylic acids is 1. The molecular weight excluding hydrogens is 399 g/mol. The fourth-order valence-corrected chi connectivity index (χ4v) is 2.47. The largest absolute Gasteiger partial charge is 0.490 e. The summed E-state index contributed by atoms with van der Waals surface area (Å²) in [6.07, 6.45) is -5.08. The van der Waals surface area contributed by atoms with E-state index >= 15 is 0 Å². The van der Waals surface area contributed by atoms with Crippen LogP contribution in [0.2, 0.25) is 5.02 Å². The van der Waals surface area contributed by atoms with Gasteiger partial charge in [0.25, 0.3) is 11.5 Å². The van der Waals surface area contributed by atoms with Crippen molar-refractivity contribution in [1.82, 2.24) is 4.98 Å². The lowest BCUT2D eigenvalue weighted by atomic mass is 10.3. The number of thiazole rings is 1. The summed E-state index contributed by atoms with van der Waals surface area (Å²) in [5.74, 6) is -3.71. The van der Waals surface area contributed by atoms with E-state index in [0.717, 1.165) is 9.71 Å². The lowest BCUT2D eigenvalue weighted by molar-refractivity contribution is -0.192. The van der Waals surface area contributed by atoms with Crippen molar-refractivity contribution in [2.45, 2.75) is 18.7 Å². The van der Waals surface area contributed by atoms with E-state index in [1.54, 1.807) is 12.1 Å². The van der Waals surface area contributed by atoms with E-state index in [4.69, 9.17) is 33.1 Å². The zero-order valence-corrected chi connectivity index (χ0v) is 13.9. The summed E-state index contributed by atoms with van der Waals surface area (Å²) >= 11 is 12.5. The predicted molar refractivity (Wildman–Crippen MR) is 82.4 cm³/mol. The molecule has 0 saturated carbocycles. The number of benzene rings is 1. The molecule has 1 unspecified atom stereocenters. The molecule has 0 fully saturated rings. The minimum atomic E-state index is -5.08. The number of aromatic nitrogens is 1. The van der Waals surface area contributed by atoms with Crippen LogP contribution in [0.15, 0.2) is 12.1 Å². The quantitative estimate of drug-likeness (QED) is 0.573. The standard InChI is InChI=1S/C10H7Cl2FN2OS.C2HF3O2/c1-4-14-8-6(17-4)3-2-5(11)7(8)15-10(16)9(12)13;3-2(4,5)1(6)7/h2-3,9H,1H3,(H,15,16);(H,6,7). The summed E-state index contributed by atoms with van der Waals surface area (Å²) in [6.45, 7) is 1.84. The first-order valence-electron chi connectivity index (χ1n) is 5.88. The van der Waals surface area contributed by atoms with Gasteiger partial charge < -0.3 is 10.4 Å². The monoisotopic (exact) mass is 406 g/mol. The van der Waals surface area contributed by atoms with E-state index in [9.17, 15) is 22.4 Å². The second kappa shape index (κ2) is 7.95. The van der Waals surface area contributed by atoms with Crippen molar-refractivity contribution >= 4 is 62.3 Å². The van der Waals surface area contributed by atoms with Crippen molar-refractivity contribution < 1.29 is 32.3 Å². The molecule has 0 spiro atoms. The van der Waals surface area contributed by atoms with Crippen LogP contribution in [0.1, 0.15) is 5.01 Å².